The lowest BCUT2D eigenvalue weighted by Crippen LogP contribution is -2.34. The van der Waals surface area contributed by atoms with Crippen molar-refractivity contribution in [3.05, 3.63) is 89.5 Å². The highest BCUT2D eigenvalue weighted by Crippen LogP contribution is 2.30. The van der Waals surface area contributed by atoms with Gasteiger partial charge in [-0.05, 0) is 60.9 Å². The molecule has 5 rings (SSSR count). The molecule has 1 N–H and O–H groups in total. The summed E-state index contributed by atoms with van der Waals surface area (Å²) < 4.78 is 41.2. The Labute approximate surface area is 205 Å². The smallest absolute Gasteiger partial charge is 0.338 e. The molecule has 1 aromatic heterocycles. The lowest BCUT2D eigenvalue weighted by atomic mass is 10.1. The van der Waals surface area contributed by atoms with E-state index >= 15 is 0 Å². The van der Waals surface area contributed by atoms with Crippen molar-refractivity contribution in [2.45, 2.75) is 32.0 Å². The molecule has 3 aromatic carbocycles. The fourth-order valence-corrected chi connectivity index (χ4v) is 4.41. The maximum atomic E-state index is 13.1. The van der Waals surface area contributed by atoms with Crippen molar-refractivity contribution in [1.29, 1.82) is 0 Å². The lowest BCUT2D eigenvalue weighted by Gasteiger charge is -2.26. The average molecular weight is 493 g/mol. The van der Waals surface area contributed by atoms with Crippen molar-refractivity contribution >= 4 is 28.8 Å². The number of carbonyl (C=O) groups is 2. The average Bonchev–Trinajstić information content (AvgIpc) is 3.22. The number of nitrogens with one attached hydrogen (secondary N) is 1. The Morgan fingerprint density at radius 1 is 0.972 bits per heavy atom. The minimum Gasteiger partial charge on any atom is -0.338 e. The van der Waals surface area contributed by atoms with E-state index in [4.69, 9.17) is 0 Å². The molecule has 36 heavy (non-hydrogen) atoms. The van der Waals surface area contributed by atoms with Gasteiger partial charge >= 0.3 is 6.18 Å². The number of nitrogens with zero attached hydrogens (tertiary/aromatic N) is 3. The zero-order chi connectivity index (χ0) is 25.3. The first-order valence-corrected chi connectivity index (χ1v) is 11.6. The largest absolute Gasteiger partial charge is 0.416 e. The molecule has 0 bridgehead atoms. The van der Waals surface area contributed by atoms with Crippen LogP contribution < -0.4 is 5.32 Å². The van der Waals surface area contributed by atoms with Crippen LogP contribution in [0.3, 0.4) is 0 Å². The first-order valence-electron chi connectivity index (χ1n) is 11.6. The van der Waals surface area contributed by atoms with Crippen molar-refractivity contribution in [2.75, 3.05) is 11.9 Å². The number of benzene rings is 3. The van der Waals surface area contributed by atoms with Crippen LogP contribution in [0.4, 0.5) is 19.1 Å². The van der Waals surface area contributed by atoms with Gasteiger partial charge in [0.1, 0.15) is 0 Å². The Hall–Kier alpha value is -4.14. The highest BCUT2D eigenvalue weighted by atomic mass is 19.4. The van der Waals surface area contributed by atoms with E-state index in [2.05, 4.69) is 10.3 Å². The predicted molar refractivity (Wildman–Crippen MR) is 130 cm³/mol. The van der Waals surface area contributed by atoms with Crippen LogP contribution in [0.15, 0.2) is 72.8 Å². The topological polar surface area (TPSA) is 67.2 Å². The summed E-state index contributed by atoms with van der Waals surface area (Å²) in [5, 5.41) is 2.68. The Morgan fingerprint density at radius 3 is 2.53 bits per heavy atom. The minimum absolute atomic E-state index is 0.124. The Kier molecular flexibility index (Phi) is 6.22. The van der Waals surface area contributed by atoms with E-state index in [0.717, 1.165) is 36.2 Å². The second-order valence-electron chi connectivity index (χ2n) is 8.73. The van der Waals surface area contributed by atoms with E-state index in [1.54, 1.807) is 4.57 Å². The molecule has 6 nitrogen and oxygen atoms in total. The van der Waals surface area contributed by atoms with Gasteiger partial charge in [0.25, 0.3) is 5.91 Å². The third-order valence-corrected chi connectivity index (χ3v) is 6.21. The van der Waals surface area contributed by atoms with Crippen molar-refractivity contribution in [1.82, 2.24) is 14.5 Å². The number of halogens is 3. The monoisotopic (exact) mass is 492 g/mol. The minimum atomic E-state index is -4.56. The molecule has 1 aliphatic rings. The molecule has 184 valence electrons. The fraction of sp³-hybridized carbons (Fsp3) is 0.222. The number of rotatable bonds is 5. The molecule has 1 aliphatic heterocycles. The molecule has 0 atom stereocenters. The summed E-state index contributed by atoms with van der Waals surface area (Å²) in [6, 6.07) is 19.2. The van der Waals surface area contributed by atoms with Crippen LogP contribution in [-0.4, -0.2) is 32.8 Å². The zero-order valence-electron chi connectivity index (χ0n) is 19.3. The Morgan fingerprint density at radius 2 is 1.78 bits per heavy atom. The number of amides is 2. The number of hydrogen-bond acceptors (Lipinski definition) is 3. The molecule has 4 aromatic rings. The number of carbonyl (C=O) groups excluding carboxylic acids is 2. The van der Waals surface area contributed by atoms with E-state index < -0.39 is 17.6 Å². The van der Waals surface area contributed by atoms with Crippen LogP contribution in [0.2, 0.25) is 0 Å². The maximum absolute atomic E-state index is 13.1. The number of hydrogen-bond donors (Lipinski definition) is 1. The Balaban J connectivity index is 1.51. The molecular formula is C27H23F3N4O2. The van der Waals surface area contributed by atoms with Crippen LogP contribution >= 0.6 is 0 Å². The van der Waals surface area contributed by atoms with E-state index in [1.165, 1.54) is 12.1 Å². The summed E-state index contributed by atoms with van der Waals surface area (Å²) in [4.78, 5) is 31.6. The zero-order valence-corrected chi connectivity index (χ0v) is 19.3. The second-order valence-corrected chi connectivity index (χ2v) is 8.73. The number of piperidine rings is 1. The number of fused-ring (bicyclic) bond motifs is 1. The number of alkyl halides is 3. The van der Waals surface area contributed by atoms with Crippen LogP contribution in [0.1, 0.15) is 40.7 Å². The molecule has 0 radical (unpaired) electrons. The van der Waals surface area contributed by atoms with Gasteiger partial charge in [-0.25, -0.2) is 4.98 Å². The standard InChI is InChI=1S/C27H23F3N4O2/c28-27(29,30)20-8-6-7-19(16-20)25(36)32-26-31-22-15-18(17-33-14-5-4-11-24(33)35)12-13-23(22)34(26)21-9-2-1-3-10-21/h1-3,6-10,12-13,15-16H,4-5,11,14,17H2,(H,31,32,36). The van der Waals surface area contributed by atoms with Gasteiger partial charge in [0.05, 0.1) is 16.6 Å². The van der Waals surface area contributed by atoms with Crippen LogP contribution in [0.5, 0.6) is 0 Å². The summed E-state index contributed by atoms with van der Waals surface area (Å²) >= 11 is 0. The van der Waals surface area contributed by atoms with E-state index in [9.17, 15) is 22.8 Å². The molecule has 1 saturated heterocycles. The summed E-state index contributed by atoms with van der Waals surface area (Å²) in [7, 11) is 0. The molecule has 2 amide bonds. The lowest BCUT2D eigenvalue weighted by molar-refractivity contribution is -0.137. The van der Waals surface area contributed by atoms with Gasteiger partial charge in [-0.1, -0.05) is 30.3 Å². The Bertz CT molecular complexity index is 1430. The molecule has 0 aliphatic carbocycles. The number of aromatic nitrogens is 2. The van der Waals surface area contributed by atoms with Gasteiger partial charge in [0, 0.05) is 30.8 Å². The fourth-order valence-electron chi connectivity index (χ4n) is 4.41. The van der Waals surface area contributed by atoms with Gasteiger partial charge in [0.15, 0.2) is 0 Å². The highest BCUT2D eigenvalue weighted by Gasteiger charge is 2.31. The van der Waals surface area contributed by atoms with Crippen molar-refractivity contribution < 1.29 is 22.8 Å². The van der Waals surface area contributed by atoms with Gasteiger partial charge < -0.3 is 4.90 Å². The van der Waals surface area contributed by atoms with E-state index in [1.807, 2.05) is 53.4 Å². The molecule has 2 heterocycles. The van der Waals surface area contributed by atoms with E-state index in [0.29, 0.717) is 30.5 Å². The summed E-state index contributed by atoms with van der Waals surface area (Å²) in [6.07, 6.45) is -2.12. The van der Waals surface area contributed by atoms with Gasteiger partial charge in [-0.15, -0.1) is 0 Å². The third-order valence-electron chi connectivity index (χ3n) is 6.21. The highest BCUT2D eigenvalue weighted by molar-refractivity contribution is 6.04. The molecule has 0 saturated carbocycles. The van der Waals surface area contributed by atoms with Crippen LogP contribution in [0, 0.1) is 0 Å². The number of anilines is 1. The number of likely N-dealkylation sites (tertiary alicyclic amines) is 1. The third kappa shape index (κ3) is 4.82. The SMILES string of the molecule is O=C(Nc1nc2cc(CN3CCCCC3=O)ccc2n1-c1ccccc1)c1cccc(C(F)(F)F)c1. The molecule has 0 spiro atoms. The van der Waals surface area contributed by atoms with Gasteiger partial charge in [-0.2, -0.15) is 13.2 Å². The van der Waals surface area contributed by atoms with Crippen LogP contribution in [-0.2, 0) is 17.5 Å². The molecule has 0 unspecified atom stereocenters. The number of imidazole rings is 1. The normalized spacial score (nSPS) is 14.3. The molecule has 9 heteroatoms. The first-order chi connectivity index (χ1) is 17.3. The maximum Gasteiger partial charge on any atom is 0.416 e. The predicted octanol–water partition coefficient (Wildman–Crippen LogP) is 5.81. The second kappa shape index (κ2) is 9.49. The van der Waals surface area contributed by atoms with Crippen molar-refractivity contribution in [3.8, 4) is 5.69 Å². The molecular weight excluding hydrogens is 469 g/mol. The van der Waals surface area contributed by atoms with Crippen molar-refractivity contribution in [3.63, 3.8) is 0 Å². The van der Waals surface area contributed by atoms with Crippen LogP contribution in [0.25, 0.3) is 16.7 Å². The van der Waals surface area contributed by atoms with Gasteiger partial charge in [0.2, 0.25) is 11.9 Å². The number of para-hydroxylation sites is 1. The summed E-state index contributed by atoms with van der Waals surface area (Å²) in [6.45, 7) is 1.19. The summed E-state index contributed by atoms with van der Waals surface area (Å²) in [5.74, 6) is -0.386. The molecule has 1 fully saturated rings. The van der Waals surface area contributed by atoms with Gasteiger partial charge in [-0.3, -0.25) is 19.5 Å². The first kappa shape index (κ1) is 23.6. The summed E-state index contributed by atoms with van der Waals surface area (Å²) in [5.41, 5.74) is 1.93. The quantitative estimate of drug-likeness (QED) is 0.382. The van der Waals surface area contributed by atoms with E-state index in [-0.39, 0.29) is 17.4 Å². The van der Waals surface area contributed by atoms with Crippen molar-refractivity contribution in [2.24, 2.45) is 0 Å².